The van der Waals surface area contributed by atoms with Crippen LogP contribution in [0.25, 0.3) is 0 Å². The Kier molecular flexibility index (Phi) is 8.13. The Bertz CT molecular complexity index is 1230. The Morgan fingerprint density at radius 1 is 1.03 bits per heavy atom. The van der Waals surface area contributed by atoms with Gasteiger partial charge in [0.2, 0.25) is 5.75 Å². The van der Waals surface area contributed by atoms with E-state index in [1.54, 1.807) is 19.1 Å². The fourth-order valence-electron chi connectivity index (χ4n) is 3.62. The molecule has 1 aliphatic heterocycles. The molecule has 1 aliphatic rings. The van der Waals surface area contributed by atoms with Crippen LogP contribution in [0.3, 0.4) is 0 Å². The fourth-order valence-corrected chi connectivity index (χ4v) is 5.07. The van der Waals surface area contributed by atoms with Gasteiger partial charge < -0.3 is 29.6 Å². The number of benzene rings is 2. The zero-order valence-corrected chi connectivity index (χ0v) is 21.1. The van der Waals surface area contributed by atoms with Crippen molar-refractivity contribution in [3.05, 3.63) is 58.3 Å². The molecule has 35 heavy (non-hydrogen) atoms. The van der Waals surface area contributed by atoms with Crippen molar-refractivity contribution < 1.29 is 37.0 Å². The average molecular weight is 525 g/mol. The number of hydrogen-bond acceptors (Lipinski definition) is 8. The number of sulfone groups is 1. The number of urea groups is 1. The maximum Gasteiger partial charge on any atom is 0.338 e. The summed E-state index contributed by atoms with van der Waals surface area (Å²) in [5, 5.41) is 5.48. The fraction of sp³-hybridized carbons (Fsp3) is 0.304. The first-order chi connectivity index (χ1) is 16.6. The van der Waals surface area contributed by atoms with Gasteiger partial charge in [0, 0.05) is 10.7 Å². The summed E-state index contributed by atoms with van der Waals surface area (Å²) in [6, 6.07) is 6.93. The Morgan fingerprint density at radius 3 is 2.14 bits per heavy atom. The minimum absolute atomic E-state index is 0.0188. The maximum absolute atomic E-state index is 13.1. The molecule has 0 aliphatic carbocycles. The Morgan fingerprint density at radius 2 is 1.63 bits per heavy atom. The number of carbonyl (C=O) groups excluding carboxylic acids is 2. The lowest BCUT2D eigenvalue weighted by molar-refractivity contribution is -0.139. The monoisotopic (exact) mass is 524 g/mol. The minimum atomic E-state index is -3.96. The number of halogens is 1. The van der Waals surface area contributed by atoms with Gasteiger partial charge in [-0.1, -0.05) is 11.6 Å². The molecule has 188 valence electrons. The number of hydrogen-bond donors (Lipinski definition) is 2. The van der Waals surface area contributed by atoms with Crippen LogP contribution in [0.4, 0.5) is 4.79 Å². The van der Waals surface area contributed by atoms with Gasteiger partial charge in [0.25, 0.3) is 0 Å². The highest BCUT2D eigenvalue weighted by Gasteiger charge is 2.36. The van der Waals surface area contributed by atoms with Crippen molar-refractivity contribution in [2.75, 3.05) is 33.7 Å². The van der Waals surface area contributed by atoms with Crippen LogP contribution in [0.5, 0.6) is 17.2 Å². The van der Waals surface area contributed by atoms with Gasteiger partial charge in [0.1, 0.15) is 0 Å². The first-order valence-corrected chi connectivity index (χ1v) is 12.4. The molecule has 0 fully saturated rings. The number of rotatable bonds is 9. The van der Waals surface area contributed by atoms with E-state index >= 15 is 0 Å². The van der Waals surface area contributed by atoms with Crippen molar-refractivity contribution >= 4 is 33.4 Å². The SMILES string of the molecule is CCOC(=O)C1=C(CS(=O)(=O)c2ccc(Cl)cc2)NC(=O)N[C@H]1c1cc(OC)c(OC)c(OC)c1. The van der Waals surface area contributed by atoms with E-state index in [0.29, 0.717) is 16.3 Å². The summed E-state index contributed by atoms with van der Waals surface area (Å²) in [6.45, 7) is 1.65. The minimum Gasteiger partial charge on any atom is -0.493 e. The van der Waals surface area contributed by atoms with Crippen LogP contribution in [0.15, 0.2) is 52.6 Å². The molecule has 0 radical (unpaired) electrons. The topological polar surface area (TPSA) is 129 Å². The van der Waals surface area contributed by atoms with E-state index in [4.69, 9.17) is 30.5 Å². The number of esters is 1. The van der Waals surface area contributed by atoms with Crippen molar-refractivity contribution in [3.8, 4) is 17.2 Å². The van der Waals surface area contributed by atoms with E-state index in [1.165, 1.54) is 45.6 Å². The van der Waals surface area contributed by atoms with Crippen molar-refractivity contribution in [3.63, 3.8) is 0 Å². The highest BCUT2D eigenvalue weighted by Crippen LogP contribution is 2.41. The molecule has 0 saturated carbocycles. The molecule has 0 unspecified atom stereocenters. The molecular formula is C23H25ClN2O8S. The number of nitrogens with one attached hydrogen (secondary N) is 2. The lowest BCUT2D eigenvalue weighted by atomic mass is 9.95. The van der Waals surface area contributed by atoms with E-state index in [9.17, 15) is 18.0 Å². The molecule has 0 aromatic heterocycles. The predicted molar refractivity (Wildman–Crippen MR) is 128 cm³/mol. The van der Waals surface area contributed by atoms with Gasteiger partial charge in [-0.15, -0.1) is 0 Å². The second kappa shape index (κ2) is 10.9. The lowest BCUT2D eigenvalue weighted by Gasteiger charge is -2.30. The molecule has 0 saturated heterocycles. The van der Waals surface area contributed by atoms with E-state index in [2.05, 4.69) is 10.6 Å². The first kappa shape index (κ1) is 26.2. The highest BCUT2D eigenvalue weighted by molar-refractivity contribution is 7.91. The molecule has 1 heterocycles. The summed E-state index contributed by atoms with van der Waals surface area (Å²) in [4.78, 5) is 25.6. The van der Waals surface area contributed by atoms with Crippen LogP contribution in [0.2, 0.25) is 5.02 Å². The van der Waals surface area contributed by atoms with Crippen LogP contribution in [0, 0.1) is 0 Å². The predicted octanol–water partition coefficient (Wildman–Crippen LogP) is 3.01. The van der Waals surface area contributed by atoms with Crippen molar-refractivity contribution in [2.24, 2.45) is 0 Å². The van der Waals surface area contributed by atoms with Crippen LogP contribution in [0.1, 0.15) is 18.5 Å². The third-order valence-electron chi connectivity index (χ3n) is 5.18. The van der Waals surface area contributed by atoms with Gasteiger partial charge in [-0.05, 0) is 48.9 Å². The quantitative estimate of drug-likeness (QED) is 0.479. The molecule has 2 amide bonds. The second-order valence-electron chi connectivity index (χ2n) is 7.32. The van der Waals surface area contributed by atoms with Crippen LogP contribution in [-0.4, -0.2) is 54.1 Å². The highest BCUT2D eigenvalue weighted by atomic mass is 35.5. The van der Waals surface area contributed by atoms with Crippen molar-refractivity contribution in [2.45, 2.75) is 17.9 Å². The molecule has 2 aromatic rings. The van der Waals surface area contributed by atoms with E-state index in [1.807, 2.05) is 0 Å². The van der Waals surface area contributed by atoms with E-state index < -0.39 is 33.6 Å². The smallest absolute Gasteiger partial charge is 0.338 e. The van der Waals surface area contributed by atoms with E-state index in [-0.39, 0.29) is 34.3 Å². The molecule has 2 N–H and O–H groups in total. The molecule has 3 rings (SSSR count). The van der Waals surface area contributed by atoms with Gasteiger partial charge in [0.05, 0.1) is 50.2 Å². The van der Waals surface area contributed by atoms with Gasteiger partial charge in [-0.3, -0.25) is 0 Å². The third kappa shape index (κ3) is 5.63. The number of methoxy groups -OCH3 is 3. The summed E-state index contributed by atoms with van der Waals surface area (Å²) >= 11 is 5.87. The summed E-state index contributed by atoms with van der Waals surface area (Å²) in [5.74, 6) is -0.565. The van der Waals surface area contributed by atoms with Gasteiger partial charge in [0.15, 0.2) is 21.3 Å². The van der Waals surface area contributed by atoms with Crippen molar-refractivity contribution in [1.82, 2.24) is 10.6 Å². The molecule has 12 heteroatoms. The molecule has 2 aromatic carbocycles. The molecular weight excluding hydrogens is 500 g/mol. The van der Waals surface area contributed by atoms with Gasteiger partial charge in [-0.25, -0.2) is 18.0 Å². The van der Waals surface area contributed by atoms with Crippen LogP contribution < -0.4 is 24.8 Å². The summed E-state index contributed by atoms with van der Waals surface area (Å²) in [7, 11) is 0.331. The normalized spacial score (nSPS) is 15.7. The zero-order valence-electron chi connectivity index (χ0n) is 19.5. The lowest BCUT2D eigenvalue weighted by Crippen LogP contribution is -2.47. The van der Waals surface area contributed by atoms with Gasteiger partial charge >= 0.3 is 12.0 Å². The molecule has 0 bridgehead atoms. The van der Waals surface area contributed by atoms with Crippen LogP contribution >= 0.6 is 11.6 Å². The summed E-state index contributed by atoms with van der Waals surface area (Å²) in [6.07, 6.45) is 0. The standard InChI is InChI=1S/C23H25ClN2O8S/c1-5-34-22(27)19-16(12-35(29,30)15-8-6-14(24)7-9-15)25-23(28)26-20(19)13-10-17(31-2)21(33-4)18(11-13)32-3/h6-11,20H,5,12H2,1-4H3,(H2,25,26,28)/t20-/m0/s1. The summed E-state index contributed by atoms with van der Waals surface area (Å²) < 4.78 is 47.5. The number of carbonyl (C=O) groups is 2. The molecule has 0 spiro atoms. The number of ether oxygens (including phenoxy) is 4. The maximum atomic E-state index is 13.1. The molecule has 1 atom stereocenters. The van der Waals surface area contributed by atoms with Crippen molar-refractivity contribution in [1.29, 1.82) is 0 Å². The van der Waals surface area contributed by atoms with Gasteiger partial charge in [-0.2, -0.15) is 0 Å². The van der Waals surface area contributed by atoms with E-state index in [0.717, 1.165) is 0 Å². The molecule has 10 nitrogen and oxygen atoms in total. The third-order valence-corrected chi connectivity index (χ3v) is 7.09. The Labute approximate surface area is 208 Å². The second-order valence-corrected chi connectivity index (χ2v) is 9.74. The van der Waals surface area contributed by atoms with Crippen LogP contribution in [-0.2, 0) is 19.4 Å². The zero-order chi connectivity index (χ0) is 25.8. The largest absolute Gasteiger partial charge is 0.493 e. The Balaban J connectivity index is 2.18. The number of amides is 2. The Hall–Kier alpha value is -3.44. The summed E-state index contributed by atoms with van der Waals surface area (Å²) in [5.41, 5.74) is 0.206. The average Bonchev–Trinajstić information content (AvgIpc) is 2.82. The first-order valence-electron chi connectivity index (χ1n) is 10.4.